The number of nitrogens with two attached hydrogens (primary N) is 1. The van der Waals surface area contributed by atoms with Crippen molar-refractivity contribution in [2.75, 3.05) is 39.6 Å². The molecule has 3 N–H and O–H groups in total. The van der Waals surface area contributed by atoms with Crippen LogP contribution in [-0.2, 0) is 23.1 Å². The van der Waals surface area contributed by atoms with E-state index >= 15 is 0 Å². The van der Waals surface area contributed by atoms with Crippen LogP contribution in [0.4, 0.5) is 0 Å². The molecule has 0 aromatic carbocycles. The van der Waals surface area contributed by atoms with Gasteiger partial charge in [0.2, 0.25) is 0 Å². The number of rotatable bonds is 27. The maximum Gasteiger partial charge on any atom is 0.472 e. The normalized spacial score (nSPS) is 14.5. The molecule has 0 aliphatic rings. The number of hydrogen-bond donors (Lipinski definition) is 2. The number of phosphoric ester groups is 1. The molecule has 0 aliphatic heterocycles. The molecule has 0 radical (unpaired) electrons. The van der Waals surface area contributed by atoms with Crippen molar-refractivity contribution in [1.82, 2.24) is 0 Å². The largest absolute Gasteiger partial charge is 0.472 e. The van der Waals surface area contributed by atoms with Gasteiger partial charge in [0.05, 0.1) is 19.3 Å². The standard InChI is InChI=1S/C26H56NO6P/c1-5-7-8-9-10-11-12-13-14-15-16-17-18-19-21-30-23-26(31-6-2)24-33-34(28,29)32-22-20-27-25(3)4/h25-27H,5-24H2,1-4H3,(H,28,29)/p+1/t26-/m0/s1. The minimum Gasteiger partial charge on any atom is -0.379 e. The lowest BCUT2D eigenvalue weighted by Gasteiger charge is -2.19. The van der Waals surface area contributed by atoms with E-state index in [1.165, 1.54) is 83.5 Å². The molecule has 0 saturated heterocycles. The first-order chi connectivity index (χ1) is 16.4. The predicted molar refractivity (Wildman–Crippen MR) is 140 cm³/mol. The van der Waals surface area contributed by atoms with E-state index in [0.717, 1.165) is 6.42 Å². The molecule has 2 atom stereocenters. The van der Waals surface area contributed by atoms with Gasteiger partial charge in [0.25, 0.3) is 0 Å². The summed E-state index contributed by atoms with van der Waals surface area (Å²) in [7, 11) is -4.06. The molecule has 7 nitrogen and oxygen atoms in total. The molecule has 0 amide bonds. The fourth-order valence-corrected chi connectivity index (χ4v) is 4.54. The Morgan fingerprint density at radius 3 is 1.76 bits per heavy atom. The van der Waals surface area contributed by atoms with Crippen LogP contribution in [-0.4, -0.2) is 56.6 Å². The van der Waals surface area contributed by atoms with Gasteiger partial charge in [-0.2, -0.15) is 0 Å². The van der Waals surface area contributed by atoms with E-state index in [2.05, 4.69) is 20.8 Å². The van der Waals surface area contributed by atoms with Crippen LogP contribution in [0.25, 0.3) is 0 Å². The van der Waals surface area contributed by atoms with Gasteiger partial charge in [-0.3, -0.25) is 9.05 Å². The van der Waals surface area contributed by atoms with Crippen LogP contribution in [0.15, 0.2) is 0 Å². The summed E-state index contributed by atoms with van der Waals surface area (Å²) >= 11 is 0. The van der Waals surface area contributed by atoms with Crippen LogP contribution < -0.4 is 5.32 Å². The first kappa shape index (κ1) is 34.0. The van der Waals surface area contributed by atoms with Crippen LogP contribution in [0.2, 0.25) is 0 Å². The first-order valence-electron chi connectivity index (χ1n) is 14.1. The number of phosphoric acid groups is 1. The summed E-state index contributed by atoms with van der Waals surface area (Å²) in [6, 6.07) is 0.418. The van der Waals surface area contributed by atoms with Crippen molar-refractivity contribution in [3.63, 3.8) is 0 Å². The summed E-state index contributed by atoms with van der Waals surface area (Å²) in [6.45, 7) is 10.6. The Morgan fingerprint density at radius 1 is 0.735 bits per heavy atom. The summed E-state index contributed by atoms with van der Waals surface area (Å²) in [5.41, 5.74) is 0. The quantitative estimate of drug-likeness (QED) is 0.104. The lowest BCUT2D eigenvalue weighted by atomic mass is 10.0. The topological polar surface area (TPSA) is 90.8 Å². The summed E-state index contributed by atoms with van der Waals surface area (Å²) < 4.78 is 33.4. The fourth-order valence-electron chi connectivity index (χ4n) is 3.78. The molecule has 1 unspecified atom stereocenters. The monoisotopic (exact) mass is 510 g/mol. The highest BCUT2D eigenvalue weighted by Crippen LogP contribution is 2.42. The van der Waals surface area contributed by atoms with E-state index < -0.39 is 7.82 Å². The molecule has 0 bridgehead atoms. The van der Waals surface area contributed by atoms with Gasteiger partial charge in [-0.15, -0.1) is 0 Å². The zero-order chi connectivity index (χ0) is 25.3. The number of unbranched alkanes of at least 4 members (excludes halogenated alkanes) is 13. The van der Waals surface area contributed by atoms with Crippen LogP contribution in [0.3, 0.4) is 0 Å². The Morgan fingerprint density at radius 2 is 1.26 bits per heavy atom. The lowest BCUT2D eigenvalue weighted by Crippen LogP contribution is -2.89. The second kappa shape index (κ2) is 24.7. The number of hydrogen-bond acceptors (Lipinski definition) is 5. The van der Waals surface area contributed by atoms with Crippen LogP contribution in [0.1, 0.15) is 118 Å². The second-order valence-electron chi connectivity index (χ2n) is 9.61. The summed E-state index contributed by atoms with van der Waals surface area (Å²) in [6.07, 6.45) is 18.3. The van der Waals surface area contributed by atoms with Crippen molar-refractivity contribution in [1.29, 1.82) is 0 Å². The fraction of sp³-hybridized carbons (Fsp3) is 1.00. The third-order valence-electron chi connectivity index (χ3n) is 5.78. The average Bonchev–Trinajstić information content (AvgIpc) is 2.80. The zero-order valence-electron chi connectivity index (χ0n) is 22.8. The summed E-state index contributed by atoms with van der Waals surface area (Å²) in [5.74, 6) is 0. The highest BCUT2D eigenvalue weighted by Gasteiger charge is 2.24. The molecule has 0 fully saturated rings. The molecule has 0 spiro atoms. The number of ether oxygens (including phenoxy) is 2. The third kappa shape index (κ3) is 25.1. The Kier molecular flexibility index (Phi) is 24.7. The molecule has 0 aromatic heterocycles. The van der Waals surface area contributed by atoms with Crippen molar-refractivity contribution in [3.05, 3.63) is 0 Å². The van der Waals surface area contributed by atoms with E-state index in [1.54, 1.807) is 0 Å². The van der Waals surface area contributed by atoms with Gasteiger partial charge < -0.3 is 19.7 Å². The lowest BCUT2D eigenvalue weighted by molar-refractivity contribution is -0.683. The molecule has 0 aromatic rings. The highest BCUT2D eigenvalue weighted by atomic mass is 31.2. The molecular weight excluding hydrogens is 453 g/mol. The van der Waals surface area contributed by atoms with Crippen molar-refractivity contribution in [3.8, 4) is 0 Å². The summed E-state index contributed by atoms with van der Waals surface area (Å²) in [5, 5.41) is 2.04. The molecular formula is C26H57NO6P+. The van der Waals surface area contributed by atoms with Gasteiger partial charge in [0.15, 0.2) is 0 Å². The van der Waals surface area contributed by atoms with Gasteiger partial charge in [0, 0.05) is 13.2 Å². The van der Waals surface area contributed by atoms with Gasteiger partial charge in [0.1, 0.15) is 19.3 Å². The Labute approximate surface area is 210 Å². The molecule has 8 heteroatoms. The predicted octanol–water partition coefficient (Wildman–Crippen LogP) is 5.99. The van der Waals surface area contributed by atoms with Crippen LogP contribution in [0.5, 0.6) is 0 Å². The maximum absolute atomic E-state index is 12.0. The van der Waals surface area contributed by atoms with Crippen molar-refractivity contribution < 1.29 is 33.3 Å². The Balaban J connectivity index is 3.61. The van der Waals surface area contributed by atoms with Crippen LogP contribution >= 0.6 is 7.82 Å². The van der Waals surface area contributed by atoms with Gasteiger partial charge in [-0.05, 0) is 27.2 Å². The second-order valence-corrected chi connectivity index (χ2v) is 11.1. The van der Waals surface area contributed by atoms with Crippen LogP contribution in [0, 0.1) is 0 Å². The van der Waals surface area contributed by atoms with Crippen molar-refractivity contribution in [2.24, 2.45) is 0 Å². The van der Waals surface area contributed by atoms with E-state index in [-0.39, 0.29) is 19.3 Å². The zero-order valence-corrected chi connectivity index (χ0v) is 23.7. The minimum atomic E-state index is -4.06. The van der Waals surface area contributed by atoms with E-state index in [1.807, 2.05) is 12.2 Å². The first-order valence-corrected chi connectivity index (χ1v) is 15.5. The van der Waals surface area contributed by atoms with E-state index in [9.17, 15) is 9.46 Å². The smallest absolute Gasteiger partial charge is 0.379 e. The molecule has 206 valence electrons. The molecule has 0 rings (SSSR count). The average molecular weight is 511 g/mol. The van der Waals surface area contributed by atoms with Crippen molar-refractivity contribution in [2.45, 2.75) is 130 Å². The van der Waals surface area contributed by atoms with Gasteiger partial charge in [-0.25, -0.2) is 4.57 Å². The minimum absolute atomic E-state index is 0.0196. The van der Waals surface area contributed by atoms with Crippen molar-refractivity contribution >= 4 is 7.82 Å². The van der Waals surface area contributed by atoms with E-state index in [4.69, 9.17) is 18.5 Å². The van der Waals surface area contributed by atoms with E-state index in [0.29, 0.717) is 32.4 Å². The molecule has 34 heavy (non-hydrogen) atoms. The maximum atomic E-state index is 12.0. The Hall–Kier alpha value is -0.0100. The molecule has 0 aliphatic carbocycles. The third-order valence-corrected chi connectivity index (χ3v) is 6.77. The number of quaternary nitrogens is 1. The Bertz CT molecular complexity index is 467. The molecule has 0 saturated carbocycles. The van der Waals surface area contributed by atoms with Gasteiger partial charge >= 0.3 is 7.82 Å². The summed E-state index contributed by atoms with van der Waals surface area (Å²) in [4.78, 5) is 9.81. The van der Waals surface area contributed by atoms with Gasteiger partial charge in [-0.1, -0.05) is 90.4 Å². The molecule has 0 heterocycles. The highest BCUT2D eigenvalue weighted by molar-refractivity contribution is 7.47. The SMILES string of the molecule is CCCCCCCCCCCCCCCCOC[C@@H](COP(=O)(O)OCC[NH2+]C(C)C)OCC.